The number of ether oxygens (including phenoxy) is 2. The fraction of sp³-hybridized carbons (Fsp3) is 0.381. The molecule has 0 saturated carbocycles. The zero-order valence-corrected chi connectivity index (χ0v) is 16.4. The lowest BCUT2D eigenvalue weighted by Gasteiger charge is -2.13. The summed E-state index contributed by atoms with van der Waals surface area (Å²) in [6.07, 6.45) is 1.44. The third-order valence-corrected chi connectivity index (χ3v) is 5.28. The Balaban J connectivity index is 1.52. The van der Waals surface area contributed by atoms with Crippen LogP contribution in [0.1, 0.15) is 31.4 Å². The van der Waals surface area contributed by atoms with Crippen LogP contribution in [0.25, 0.3) is 0 Å². The molecule has 0 aliphatic carbocycles. The molecular formula is C21H24FNO3S. The molecule has 27 heavy (non-hydrogen) atoms. The summed E-state index contributed by atoms with van der Waals surface area (Å²) in [6, 6.07) is 10.3. The summed E-state index contributed by atoms with van der Waals surface area (Å²) < 4.78 is 24.4. The van der Waals surface area contributed by atoms with E-state index in [0.717, 1.165) is 33.9 Å². The van der Waals surface area contributed by atoms with E-state index in [1.807, 2.05) is 26.0 Å². The molecule has 0 spiro atoms. The molecule has 2 aromatic carbocycles. The first kappa shape index (κ1) is 19.5. The fourth-order valence-electron chi connectivity index (χ4n) is 2.98. The van der Waals surface area contributed by atoms with E-state index in [1.165, 1.54) is 23.9 Å². The number of carbonyl (C=O) groups is 1. The van der Waals surface area contributed by atoms with Crippen LogP contribution in [0.3, 0.4) is 0 Å². The lowest BCUT2D eigenvalue weighted by atomic mass is 10.1. The van der Waals surface area contributed by atoms with Crippen molar-refractivity contribution >= 4 is 17.7 Å². The average molecular weight is 389 g/mol. The Labute approximate surface area is 163 Å². The van der Waals surface area contributed by atoms with E-state index >= 15 is 0 Å². The maximum Gasteiger partial charge on any atom is 0.221 e. The van der Waals surface area contributed by atoms with Gasteiger partial charge < -0.3 is 14.8 Å². The van der Waals surface area contributed by atoms with Gasteiger partial charge in [-0.15, -0.1) is 11.8 Å². The first-order valence-electron chi connectivity index (χ1n) is 9.15. The van der Waals surface area contributed by atoms with E-state index in [0.29, 0.717) is 25.3 Å². The van der Waals surface area contributed by atoms with Gasteiger partial charge in [0.2, 0.25) is 5.91 Å². The molecule has 1 heterocycles. The smallest absolute Gasteiger partial charge is 0.221 e. The van der Waals surface area contributed by atoms with Crippen LogP contribution in [-0.4, -0.2) is 24.4 Å². The summed E-state index contributed by atoms with van der Waals surface area (Å²) in [5.41, 5.74) is 2.07. The zero-order valence-electron chi connectivity index (χ0n) is 15.6. The molecule has 0 radical (unpaired) electrons. The van der Waals surface area contributed by atoms with Crippen molar-refractivity contribution in [3.63, 3.8) is 0 Å². The number of hydrogen-bond donors (Lipinski definition) is 1. The predicted octanol–water partition coefficient (Wildman–Crippen LogP) is 4.35. The van der Waals surface area contributed by atoms with Crippen LogP contribution in [0, 0.1) is 5.82 Å². The summed E-state index contributed by atoms with van der Waals surface area (Å²) in [5.74, 6) is 2.04. The highest BCUT2D eigenvalue weighted by Crippen LogP contribution is 2.35. The molecule has 0 unspecified atom stereocenters. The lowest BCUT2D eigenvalue weighted by molar-refractivity contribution is -0.120. The summed E-state index contributed by atoms with van der Waals surface area (Å²) >= 11 is 1.53. The van der Waals surface area contributed by atoms with Gasteiger partial charge in [0.1, 0.15) is 23.4 Å². The third kappa shape index (κ3) is 5.39. The van der Waals surface area contributed by atoms with E-state index < -0.39 is 0 Å². The molecular weight excluding hydrogens is 365 g/mol. The van der Waals surface area contributed by atoms with Crippen molar-refractivity contribution in [3.05, 3.63) is 53.3 Å². The van der Waals surface area contributed by atoms with Crippen molar-refractivity contribution in [1.29, 1.82) is 0 Å². The van der Waals surface area contributed by atoms with Crippen molar-refractivity contribution in [2.45, 2.75) is 44.2 Å². The molecule has 1 atom stereocenters. The first-order valence-corrected chi connectivity index (χ1v) is 10.1. The quantitative estimate of drug-likeness (QED) is 0.682. The summed E-state index contributed by atoms with van der Waals surface area (Å²) in [4.78, 5) is 13.1. The highest BCUT2D eigenvalue weighted by Gasteiger charge is 2.22. The first-order chi connectivity index (χ1) is 13.0. The maximum absolute atomic E-state index is 12.9. The van der Waals surface area contributed by atoms with E-state index in [4.69, 9.17) is 9.47 Å². The van der Waals surface area contributed by atoms with Crippen LogP contribution in [0.15, 0.2) is 41.3 Å². The number of nitrogens with one attached hydrogen (secondary N) is 1. The normalized spacial score (nSPS) is 15.1. The largest absolute Gasteiger partial charge is 0.494 e. The molecule has 3 rings (SSSR count). The minimum Gasteiger partial charge on any atom is -0.494 e. The van der Waals surface area contributed by atoms with Crippen molar-refractivity contribution in [2.24, 2.45) is 0 Å². The zero-order chi connectivity index (χ0) is 19.2. The minimum atomic E-state index is -0.255. The van der Waals surface area contributed by atoms with Crippen LogP contribution in [0.5, 0.6) is 11.5 Å². The van der Waals surface area contributed by atoms with Crippen molar-refractivity contribution < 1.29 is 18.7 Å². The van der Waals surface area contributed by atoms with Gasteiger partial charge in [-0.05, 0) is 50.2 Å². The van der Waals surface area contributed by atoms with Gasteiger partial charge in [-0.2, -0.15) is 0 Å². The van der Waals surface area contributed by atoms with E-state index in [2.05, 4.69) is 5.32 Å². The Bertz CT molecular complexity index is 795. The van der Waals surface area contributed by atoms with Crippen LogP contribution >= 0.6 is 11.8 Å². The number of fused-ring (bicyclic) bond motifs is 1. The molecule has 4 nitrogen and oxygen atoms in total. The number of halogens is 1. The van der Waals surface area contributed by atoms with Crippen LogP contribution in [0.2, 0.25) is 0 Å². The molecule has 6 heteroatoms. The number of hydrogen-bond acceptors (Lipinski definition) is 4. The van der Waals surface area contributed by atoms with Gasteiger partial charge in [-0.3, -0.25) is 4.79 Å². The Morgan fingerprint density at radius 1 is 1.33 bits per heavy atom. The number of thioether (sulfide) groups is 1. The van der Waals surface area contributed by atoms with Gasteiger partial charge in [0.25, 0.3) is 0 Å². The van der Waals surface area contributed by atoms with Gasteiger partial charge in [0.15, 0.2) is 0 Å². The molecule has 1 aliphatic heterocycles. The number of rotatable bonds is 8. The number of carbonyl (C=O) groups excluding carboxylic acids is 1. The topological polar surface area (TPSA) is 47.6 Å². The summed E-state index contributed by atoms with van der Waals surface area (Å²) in [7, 11) is 0. The fourth-order valence-corrected chi connectivity index (χ4v) is 3.84. The third-order valence-electron chi connectivity index (χ3n) is 4.27. The second-order valence-electron chi connectivity index (χ2n) is 6.46. The van der Waals surface area contributed by atoms with E-state index in [-0.39, 0.29) is 17.8 Å². The van der Waals surface area contributed by atoms with Gasteiger partial charge in [-0.1, -0.05) is 0 Å². The van der Waals surface area contributed by atoms with E-state index in [9.17, 15) is 9.18 Å². The summed E-state index contributed by atoms with van der Waals surface area (Å²) in [5, 5.41) is 2.95. The summed E-state index contributed by atoms with van der Waals surface area (Å²) in [6.45, 7) is 4.97. The van der Waals surface area contributed by atoms with E-state index in [1.54, 1.807) is 12.1 Å². The monoisotopic (exact) mass is 389 g/mol. The van der Waals surface area contributed by atoms with Gasteiger partial charge >= 0.3 is 0 Å². The van der Waals surface area contributed by atoms with Crippen molar-refractivity contribution in [1.82, 2.24) is 5.32 Å². The van der Waals surface area contributed by atoms with Crippen molar-refractivity contribution in [3.8, 4) is 11.5 Å². The SMILES string of the molecule is CCOc1cc2c(cc1CNC(=O)CCSc1ccc(F)cc1)O[C@@H](C)C2. The number of amides is 1. The minimum absolute atomic E-state index is 0.0261. The molecule has 1 amide bonds. The molecule has 0 aromatic heterocycles. The Kier molecular flexibility index (Phi) is 6.61. The Hall–Kier alpha value is -2.21. The molecule has 1 N–H and O–H groups in total. The second kappa shape index (κ2) is 9.13. The van der Waals surface area contributed by atoms with Gasteiger partial charge in [0, 0.05) is 41.2 Å². The molecule has 0 fully saturated rings. The van der Waals surface area contributed by atoms with Crippen LogP contribution in [-0.2, 0) is 17.8 Å². The maximum atomic E-state index is 12.9. The Morgan fingerprint density at radius 3 is 2.85 bits per heavy atom. The number of benzene rings is 2. The average Bonchev–Trinajstić information content (AvgIpc) is 3.00. The molecule has 1 aliphatic rings. The van der Waals surface area contributed by atoms with Crippen LogP contribution < -0.4 is 14.8 Å². The van der Waals surface area contributed by atoms with Crippen molar-refractivity contribution in [2.75, 3.05) is 12.4 Å². The molecule has 144 valence electrons. The molecule has 0 bridgehead atoms. The molecule has 2 aromatic rings. The van der Waals surface area contributed by atoms with Gasteiger partial charge in [-0.25, -0.2) is 4.39 Å². The predicted molar refractivity (Wildman–Crippen MR) is 105 cm³/mol. The lowest BCUT2D eigenvalue weighted by Crippen LogP contribution is -2.23. The van der Waals surface area contributed by atoms with Crippen LogP contribution in [0.4, 0.5) is 4.39 Å². The molecule has 0 saturated heterocycles. The van der Waals surface area contributed by atoms with Gasteiger partial charge in [0.05, 0.1) is 6.61 Å². The second-order valence-corrected chi connectivity index (χ2v) is 7.63. The standard InChI is InChI=1S/C21H24FNO3S/c1-3-25-19-11-15-10-14(2)26-20(15)12-16(19)13-23-21(24)8-9-27-18-6-4-17(22)5-7-18/h4-7,11-12,14H,3,8-10,13H2,1-2H3,(H,23,24)/t14-/m0/s1. The Morgan fingerprint density at radius 2 is 2.11 bits per heavy atom. The highest BCUT2D eigenvalue weighted by molar-refractivity contribution is 7.99. The highest BCUT2D eigenvalue weighted by atomic mass is 32.2.